The molecule has 2 aromatic carbocycles. The number of rotatable bonds is 6. The fourth-order valence-corrected chi connectivity index (χ4v) is 2.24. The minimum atomic E-state index is 0.0239. The summed E-state index contributed by atoms with van der Waals surface area (Å²) in [6.07, 6.45) is 2.23. The van der Waals surface area contributed by atoms with Gasteiger partial charge in [0, 0.05) is 6.04 Å². The second-order valence-corrected chi connectivity index (χ2v) is 5.11. The molecule has 0 amide bonds. The predicted octanol–water partition coefficient (Wildman–Crippen LogP) is 4.55. The average Bonchev–Trinajstić information content (AvgIpc) is 2.48. The molecular weight excluding hydrogens is 246 g/mol. The monoisotopic (exact) mass is 269 g/mol. The maximum absolute atomic E-state index is 6.06. The van der Waals surface area contributed by atoms with Gasteiger partial charge in [0.15, 0.2) is 0 Å². The van der Waals surface area contributed by atoms with Crippen LogP contribution in [0.4, 0.5) is 0 Å². The highest BCUT2D eigenvalue weighted by molar-refractivity contribution is 5.69. The SMILES string of the molecule is CCCCOc1cccc(-c2ccccc2C(C)N)c1. The van der Waals surface area contributed by atoms with Crippen LogP contribution in [-0.4, -0.2) is 6.61 Å². The van der Waals surface area contributed by atoms with Crippen molar-refractivity contribution in [2.24, 2.45) is 5.73 Å². The zero-order valence-electron chi connectivity index (χ0n) is 12.3. The van der Waals surface area contributed by atoms with E-state index in [0.717, 1.165) is 30.8 Å². The summed E-state index contributed by atoms with van der Waals surface area (Å²) in [5, 5.41) is 0. The Balaban J connectivity index is 2.27. The fourth-order valence-electron chi connectivity index (χ4n) is 2.24. The molecule has 0 saturated carbocycles. The Morgan fingerprint density at radius 1 is 1.10 bits per heavy atom. The number of nitrogens with two attached hydrogens (primary N) is 1. The first-order chi connectivity index (χ1) is 9.72. The lowest BCUT2D eigenvalue weighted by atomic mass is 9.96. The number of unbranched alkanes of at least 4 members (excludes halogenated alkanes) is 1. The molecule has 0 fully saturated rings. The van der Waals surface area contributed by atoms with E-state index in [9.17, 15) is 0 Å². The van der Waals surface area contributed by atoms with Crippen LogP contribution in [-0.2, 0) is 0 Å². The molecule has 2 aromatic rings. The largest absolute Gasteiger partial charge is 0.494 e. The highest BCUT2D eigenvalue weighted by Crippen LogP contribution is 2.29. The standard InChI is InChI=1S/C18H23NO/c1-3-4-12-20-16-9-7-8-15(13-16)18-11-6-5-10-17(18)14(2)19/h5-11,13-14H,3-4,12,19H2,1-2H3. The van der Waals surface area contributed by atoms with Gasteiger partial charge >= 0.3 is 0 Å². The summed E-state index contributed by atoms with van der Waals surface area (Å²) < 4.78 is 5.78. The summed E-state index contributed by atoms with van der Waals surface area (Å²) in [5.74, 6) is 0.926. The Hall–Kier alpha value is -1.80. The maximum atomic E-state index is 6.06. The van der Waals surface area contributed by atoms with Gasteiger partial charge in [-0.3, -0.25) is 0 Å². The Kier molecular flexibility index (Phi) is 5.19. The van der Waals surface area contributed by atoms with E-state index in [1.807, 2.05) is 31.2 Å². The quantitative estimate of drug-likeness (QED) is 0.781. The van der Waals surface area contributed by atoms with E-state index in [0.29, 0.717) is 0 Å². The molecule has 0 aliphatic rings. The Morgan fingerprint density at radius 3 is 2.65 bits per heavy atom. The normalized spacial score (nSPS) is 12.2. The van der Waals surface area contributed by atoms with Crippen molar-refractivity contribution in [3.05, 3.63) is 54.1 Å². The lowest BCUT2D eigenvalue weighted by Gasteiger charge is -2.14. The van der Waals surface area contributed by atoms with Gasteiger partial charge in [-0.25, -0.2) is 0 Å². The van der Waals surface area contributed by atoms with Gasteiger partial charge in [0.25, 0.3) is 0 Å². The van der Waals surface area contributed by atoms with Gasteiger partial charge in [-0.2, -0.15) is 0 Å². The van der Waals surface area contributed by atoms with E-state index in [-0.39, 0.29) is 6.04 Å². The van der Waals surface area contributed by atoms with Gasteiger partial charge in [-0.15, -0.1) is 0 Å². The number of ether oxygens (including phenoxy) is 1. The Bertz CT molecular complexity index is 549. The van der Waals surface area contributed by atoms with Crippen LogP contribution in [0.3, 0.4) is 0 Å². The molecule has 2 nitrogen and oxygen atoms in total. The summed E-state index contributed by atoms with van der Waals surface area (Å²) in [4.78, 5) is 0. The molecule has 0 bridgehead atoms. The van der Waals surface area contributed by atoms with Gasteiger partial charge in [0.1, 0.15) is 5.75 Å². The van der Waals surface area contributed by atoms with E-state index < -0.39 is 0 Å². The topological polar surface area (TPSA) is 35.2 Å². The van der Waals surface area contributed by atoms with Crippen LogP contribution in [0.25, 0.3) is 11.1 Å². The second-order valence-electron chi connectivity index (χ2n) is 5.11. The molecule has 20 heavy (non-hydrogen) atoms. The molecule has 2 heteroatoms. The van der Waals surface area contributed by atoms with Gasteiger partial charge in [-0.05, 0) is 42.2 Å². The molecule has 0 saturated heterocycles. The number of hydrogen-bond donors (Lipinski definition) is 1. The summed E-state index contributed by atoms with van der Waals surface area (Å²) >= 11 is 0. The maximum Gasteiger partial charge on any atom is 0.119 e. The smallest absolute Gasteiger partial charge is 0.119 e. The van der Waals surface area contributed by atoms with Crippen LogP contribution in [0.1, 0.15) is 38.3 Å². The molecule has 0 spiro atoms. The Labute approximate surface area is 121 Å². The molecule has 0 heterocycles. The first kappa shape index (κ1) is 14.6. The van der Waals surface area contributed by atoms with Crippen molar-refractivity contribution in [3.63, 3.8) is 0 Å². The predicted molar refractivity (Wildman–Crippen MR) is 84.9 cm³/mol. The Morgan fingerprint density at radius 2 is 1.90 bits per heavy atom. The van der Waals surface area contributed by atoms with Crippen LogP contribution >= 0.6 is 0 Å². The molecular formula is C18H23NO. The minimum absolute atomic E-state index is 0.0239. The molecule has 1 atom stereocenters. The second kappa shape index (κ2) is 7.11. The van der Waals surface area contributed by atoms with E-state index >= 15 is 0 Å². The summed E-state index contributed by atoms with van der Waals surface area (Å²) in [6.45, 7) is 4.95. The first-order valence-electron chi connectivity index (χ1n) is 7.30. The molecule has 1 unspecified atom stereocenters. The fraction of sp³-hybridized carbons (Fsp3) is 0.333. The molecule has 2 rings (SSSR count). The average molecular weight is 269 g/mol. The van der Waals surface area contributed by atoms with Gasteiger partial charge in [-0.1, -0.05) is 49.7 Å². The van der Waals surface area contributed by atoms with Crippen LogP contribution in [0.2, 0.25) is 0 Å². The lowest BCUT2D eigenvalue weighted by molar-refractivity contribution is 0.309. The third kappa shape index (κ3) is 3.61. The molecule has 0 aliphatic carbocycles. The van der Waals surface area contributed by atoms with Gasteiger partial charge in [0.05, 0.1) is 6.61 Å². The summed E-state index contributed by atoms with van der Waals surface area (Å²) in [6, 6.07) is 16.5. The van der Waals surface area contributed by atoms with E-state index in [1.165, 1.54) is 11.1 Å². The highest BCUT2D eigenvalue weighted by atomic mass is 16.5. The van der Waals surface area contributed by atoms with Gasteiger partial charge in [0.2, 0.25) is 0 Å². The van der Waals surface area contributed by atoms with E-state index in [4.69, 9.17) is 10.5 Å². The molecule has 0 aliphatic heterocycles. The third-order valence-electron chi connectivity index (χ3n) is 3.36. The van der Waals surface area contributed by atoms with Crippen molar-refractivity contribution in [2.75, 3.05) is 6.61 Å². The minimum Gasteiger partial charge on any atom is -0.494 e. The van der Waals surface area contributed by atoms with Crippen LogP contribution in [0.15, 0.2) is 48.5 Å². The van der Waals surface area contributed by atoms with Crippen molar-refractivity contribution in [1.29, 1.82) is 0 Å². The summed E-state index contributed by atoms with van der Waals surface area (Å²) in [7, 11) is 0. The third-order valence-corrected chi connectivity index (χ3v) is 3.36. The van der Waals surface area contributed by atoms with Crippen molar-refractivity contribution in [1.82, 2.24) is 0 Å². The zero-order valence-corrected chi connectivity index (χ0v) is 12.3. The number of hydrogen-bond acceptors (Lipinski definition) is 2. The zero-order chi connectivity index (χ0) is 14.4. The van der Waals surface area contributed by atoms with Crippen molar-refractivity contribution < 1.29 is 4.74 Å². The van der Waals surface area contributed by atoms with Crippen molar-refractivity contribution >= 4 is 0 Å². The molecule has 106 valence electrons. The van der Waals surface area contributed by atoms with Crippen molar-refractivity contribution in [3.8, 4) is 16.9 Å². The van der Waals surface area contributed by atoms with E-state index in [1.54, 1.807) is 0 Å². The molecule has 0 radical (unpaired) electrons. The lowest BCUT2D eigenvalue weighted by Crippen LogP contribution is -2.06. The van der Waals surface area contributed by atoms with Crippen LogP contribution in [0, 0.1) is 0 Å². The molecule has 2 N–H and O–H groups in total. The summed E-state index contributed by atoms with van der Waals surface area (Å²) in [5.41, 5.74) is 9.56. The molecule has 0 aromatic heterocycles. The first-order valence-corrected chi connectivity index (χ1v) is 7.30. The number of benzene rings is 2. The highest BCUT2D eigenvalue weighted by Gasteiger charge is 2.08. The van der Waals surface area contributed by atoms with Crippen LogP contribution in [0.5, 0.6) is 5.75 Å². The van der Waals surface area contributed by atoms with Gasteiger partial charge < -0.3 is 10.5 Å². The van der Waals surface area contributed by atoms with Crippen molar-refractivity contribution in [2.45, 2.75) is 32.7 Å². The van der Waals surface area contributed by atoms with E-state index in [2.05, 4.69) is 31.2 Å². The van der Waals surface area contributed by atoms with Crippen LogP contribution < -0.4 is 10.5 Å².